The first kappa shape index (κ1) is 14.2. The predicted molar refractivity (Wildman–Crippen MR) is 75.9 cm³/mol. The molecule has 106 valence electrons. The summed E-state index contributed by atoms with van der Waals surface area (Å²) in [5.41, 5.74) is 1.55. The molecule has 0 saturated carbocycles. The molecule has 0 aliphatic rings. The molecule has 0 fully saturated rings. The highest BCUT2D eigenvalue weighted by atomic mass is 16.5. The number of esters is 1. The molecule has 2 aromatic rings. The number of anilines is 1. The molecule has 2 rings (SSSR count). The van der Waals surface area contributed by atoms with E-state index in [4.69, 9.17) is 9.47 Å². The van der Waals surface area contributed by atoms with Crippen molar-refractivity contribution >= 4 is 22.6 Å². The number of hydrogen-bond donors (Lipinski definition) is 1. The molecule has 0 radical (unpaired) electrons. The molecule has 1 N–H and O–H groups in total. The zero-order chi connectivity index (χ0) is 14.4. The molecule has 6 heteroatoms. The Labute approximate surface area is 117 Å². The molecule has 1 aromatic heterocycles. The minimum Gasteiger partial charge on any atom is -0.461 e. The molecule has 0 atom stereocenters. The largest absolute Gasteiger partial charge is 0.461 e. The number of rotatable bonds is 6. The van der Waals surface area contributed by atoms with E-state index < -0.39 is 5.97 Å². The summed E-state index contributed by atoms with van der Waals surface area (Å²) in [6, 6.07) is 7.50. The van der Waals surface area contributed by atoms with E-state index in [1.807, 2.05) is 24.3 Å². The maximum atomic E-state index is 11.9. The number of aromatic nitrogens is 2. The van der Waals surface area contributed by atoms with Crippen molar-refractivity contribution < 1.29 is 14.3 Å². The van der Waals surface area contributed by atoms with Crippen molar-refractivity contribution in [2.75, 3.05) is 32.2 Å². The molecule has 6 nitrogen and oxygen atoms in total. The van der Waals surface area contributed by atoms with Gasteiger partial charge < -0.3 is 14.8 Å². The summed E-state index contributed by atoms with van der Waals surface area (Å²) >= 11 is 0. The van der Waals surface area contributed by atoms with Gasteiger partial charge in [0, 0.05) is 19.0 Å². The van der Waals surface area contributed by atoms with Crippen LogP contribution in [-0.2, 0) is 9.47 Å². The summed E-state index contributed by atoms with van der Waals surface area (Å²) in [5.74, 6) is -0.481. The lowest BCUT2D eigenvalue weighted by Gasteiger charge is -2.12. The SMILES string of the molecule is CCOC(=O)c1nnc2ccccc2c1NCCOC. The summed E-state index contributed by atoms with van der Waals surface area (Å²) in [6.45, 7) is 3.15. The van der Waals surface area contributed by atoms with Crippen LogP contribution >= 0.6 is 0 Å². The Morgan fingerprint density at radius 1 is 1.30 bits per heavy atom. The maximum absolute atomic E-state index is 11.9. The quantitative estimate of drug-likeness (QED) is 0.641. The Morgan fingerprint density at radius 3 is 2.85 bits per heavy atom. The lowest BCUT2D eigenvalue weighted by molar-refractivity contribution is 0.0519. The molecule has 0 amide bonds. The highest BCUT2D eigenvalue weighted by molar-refractivity contribution is 6.03. The zero-order valence-corrected chi connectivity index (χ0v) is 11.5. The van der Waals surface area contributed by atoms with Crippen molar-refractivity contribution in [3.8, 4) is 0 Å². The van der Waals surface area contributed by atoms with E-state index in [1.54, 1.807) is 14.0 Å². The van der Waals surface area contributed by atoms with Gasteiger partial charge in [0.05, 0.1) is 24.4 Å². The third-order valence-electron chi connectivity index (χ3n) is 2.74. The molecule has 0 aliphatic carbocycles. The lowest BCUT2D eigenvalue weighted by Crippen LogP contribution is -2.16. The van der Waals surface area contributed by atoms with E-state index in [1.165, 1.54) is 0 Å². The zero-order valence-electron chi connectivity index (χ0n) is 11.5. The van der Waals surface area contributed by atoms with E-state index in [0.717, 1.165) is 10.9 Å². The standard InChI is InChI=1S/C14H17N3O3/c1-3-20-14(18)13-12(15-8-9-19-2)10-6-4-5-7-11(10)16-17-13/h4-7H,3,8-9H2,1-2H3,(H,15,16). The van der Waals surface area contributed by atoms with Crippen LogP contribution in [0.2, 0.25) is 0 Å². The molecule has 1 aromatic carbocycles. The summed E-state index contributed by atoms with van der Waals surface area (Å²) in [5, 5.41) is 12.0. The second-order valence-corrected chi connectivity index (χ2v) is 4.08. The summed E-state index contributed by atoms with van der Waals surface area (Å²) in [6.07, 6.45) is 0. The van der Waals surface area contributed by atoms with Crippen molar-refractivity contribution in [3.05, 3.63) is 30.0 Å². The van der Waals surface area contributed by atoms with Crippen LogP contribution in [0.15, 0.2) is 24.3 Å². The number of ether oxygens (including phenoxy) is 2. The van der Waals surface area contributed by atoms with E-state index in [-0.39, 0.29) is 5.69 Å². The first-order valence-electron chi connectivity index (χ1n) is 6.43. The number of fused-ring (bicyclic) bond motifs is 1. The first-order chi connectivity index (χ1) is 9.77. The van der Waals surface area contributed by atoms with Crippen LogP contribution in [0.3, 0.4) is 0 Å². The molecule has 0 spiro atoms. The van der Waals surface area contributed by atoms with Gasteiger partial charge in [-0.1, -0.05) is 18.2 Å². The van der Waals surface area contributed by atoms with Crippen LogP contribution in [0.5, 0.6) is 0 Å². The molecule has 0 unspecified atom stereocenters. The molecular weight excluding hydrogens is 258 g/mol. The Kier molecular flexibility index (Phi) is 4.84. The number of methoxy groups -OCH3 is 1. The fraction of sp³-hybridized carbons (Fsp3) is 0.357. The second kappa shape index (κ2) is 6.81. The monoisotopic (exact) mass is 275 g/mol. The topological polar surface area (TPSA) is 73.3 Å². The Bertz CT molecular complexity index is 601. The molecule has 20 heavy (non-hydrogen) atoms. The molecule has 0 bridgehead atoms. The minimum absolute atomic E-state index is 0.196. The predicted octanol–water partition coefficient (Wildman–Crippen LogP) is 1.86. The van der Waals surface area contributed by atoms with Crippen LogP contribution in [0.4, 0.5) is 5.69 Å². The number of carbonyl (C=O) groups is 1. The lowest BCUT2D eigenvalue weighted by atomic mass is 10.1. The van der Waals surface area contributed by atoms with E-state index in [0.29, 0.717) is 25.4 Å². The minimum atomic E-state index is -0.481. The van der Waals surface area contributed by atoms with Crippen molar-refractivity contribution in [3.63, 3.8) is 0 Å². The van der Waals surface area contributed by atoms with Crippen LogP contribution in [0, 0.1) is 0 Å². The second-order valence-electron chi connectivity index (χ2n) is 4.08. The fourth-order valence-electron chi connectivity index (χ4n) is 1.85. The van der Waals surface area contributed by atoms with Crippen molar-refractivity contribution in [1.29, 1.82) is 0 Å². The fourth-order valence-corrected chi connectivity index (χ4v) is 1.85. The Morgan fingerprint density at radius 2 is 2.10 bits per heavy atom. The number of nitrogens with one attached hydrogen (secondary N) is 1. The highest BCUT2D eigenvalue weighted by Gasteiger charge is 2.18. The van der Waals surface area contributed by atoms with Gasteiger partial charge in [0.15, 0.2) is 5.69 Å². The Balaban J connectivity index is 2.44. The summed E-state index contributed by atoms with van der Waals surface area (Å²) in [4.78, 5) is 11.9. The van der Waals surface area contributed by atoms with Crippen LogP contribution in [0.25, 0.3) is 10.9 Å². The van der Waals surface area contributed by atoms with Crippen molar-refractivity contribution in [1.82, 2.24) is 10.2 Å². The van der Waals surface area contributed by atoms with Gasteiger partial charge >= 0.3 is 5.97 Å². The van der Waals surface area contributed by atoms with Gasteiger partial charge in [0.2, 0.25) is 0 Å². The van der Waals surface area contributed by atoms with E-state index >= 15 is 0 Å². The van der Waals surface area contributed by atoms with E-state index in [2.05, 4.69) is 15.5 Å². The van der Waals surface area contributed by atoms with Gasteiger partial charge in [0.25, 0.3) is 0 Å². The normalized spacial score (nSPS) is 10.5. The molecule has 0 aliphatic heterocycles. The first-order valence-corrected chi connectivity index (χ1v) is 6.43. The number of carbonyl (C=O) groups excluding carboxylic acids is 1. The smallest absolute Gasteiger partial charge is 0.361 e. The third kappa shape index (κ3) is 3.03. The number of hydrogen-bond acceptors (Lipinski definition) is 6. The van der Waals surface area contributed by atoms with Gasteiger partial charge in [-0.3, -0.25) is 0 Å². The van der Waals surface area contributed by atoms with Gasteiger partial charge in [-0.05, 0) is 13.0 Å². The number of nitrogens with zero attached hydrogens (tertiary/aromatic N) is 2. The molecule has 1 heterocycles. The average molecular weight is 275 g/mol. The summed E-state index contributed by atoms with van der Waals surface area (Å²) in [7, 11) is 1.62. The van der Waals surface area contributed by atoms with Crippen molar-refractivity contribution in [2.24, 2.45) is 0 Å². The van der Waals surface area contributed by atoms with Gasteiger partial charge in [-0.25, -0.2) is 4.79 Å². The van der Waals surface area contributed by atoms with Crippen LogP contribution in [0.1, 0.15) is 17.4 Å². The highest BCUT2D eigenvalue weighted by Crippen LogP contribution is 2.24. The van der Waals surface area contributed by atoms with E-state index in [9.17, 15) is 4.79 Å². The van der Waals surface area contributed by atoms with Gasteiger partial charge in [0.1, 0.15) is 0 Å². The Hall–Kier alpha value is -2.21. The molecular formula is C14H17N3O3. The number of benzene rings is 1. The van der Waals surface area contributed by atoms with Crippen LogP contribution < -0.4 is 5.32 Å². The van der Waals surface area contributed by atoms with Gasteiger partial charge in [-0.2, -0.15) is 0 Å². The molecule has 0 saturated heterocycles. The maximum Gasteiger partial charge on any atom is 0.361 e. The van der Waals surface area contributed by atoms with Crippen LogP contribution in [-0.4, -0.2) is 43.0 Å². The summed E-state index contributed by atoms with van der Waals surface area (Å²) < 4.78 is 10.0. The average Bonchev–Trinajstić information content (AvgIpc) is 2.47. The van der Waals surface area contributed by atoms with Gasteiger partial charge in [-0.15, -0.1) is 10.2 Å². The third-order valence-corrected chi connectivity index (χ3v) is 2.74. The van der Waals surface area contributed by atoms with Crippen molar-refractivity contribution in [2.45, 2.75) is 6.92 Å².